The van der Waals surface area contributed by atoms with E-state index in [0.29, 0.717) is 11.1 Å². The predicted octanol–water partition coefficient (Wildman–Crippen LogP) is 2.18. The number of nitrogens with zero attached hydrogens (tertiary/aromatic N) is 2. The molecule has 0 saturated carbocycles. The van der Waals surface area contributed by atoms with E-state index < -0.39 is 29.1 Å². The van der Waals surface area contributed by atoms with Gasteiger partial charge in [0.25, 0.3) is 5.56 Å². The minimum atomic E-state index is -1.02. The third-order valence-electron chi connectivity index (χ3n) is 5.09. The van der Waals surface area contributed by atoms with E-state index in [2.05, 4.69) is 0 Å². The van der Waals surface area contributed by atoms with Crippen LogP contribution in [0, 0.1) is 23.0 Å². The molecule has 1 aromatic heterocycles. The van der Waals surface area contributed by atoms with Crippen molar-refractivity contribution < 1.29 is 18.3 Å². The first-order valence-electron chi connectivity index (χ1n) is 9.91. The average Bonchev–Trinajstić information content (AvgIpc) is 3.09. The van der Waals surface area contributed by atoms with Gasteiger partial charge in [0.05, 0.1) is 34.3 Å². The summed E-state index contributed by atoms with van der Waals surface area (Å²) in [5, 5.41) is 9.87. The number of aromatic nitrogens is 1. The lowest BCUT2D eigenvalue weighted by Gasteiger charge is -2.24. The quantitative estimate of drug-likeness (QED) is 0.596. The third-order valence-corrected chi connectivity index (χ3v) is 6.20. The lowest BCUT2D eigenvalue weighted by Crippen LogP contribution is -2.40. The average molecular weight is 465 g/mol. The summed E-state index contributed by atoms with van der Waals surface area (Å²) < 4.78 is 34.3. The van der Waals surface area contributed by atoms with E-state index in [-0.39, 0.29) is 32.8 Å². The second kappa shape index (κ2) is 8.84. The van der Waals surface area contributed by atoms with Gasteiger partial charge in [-0.15, -0.1) is 11.3 Å². The largest absolute Gasteiger partial charge is 0.463 e. The van der Waals surface area contributed by atoms with E-state index >= 15 is 0 Å². The normalized spacial score (nSPS) is 15.9. The van der Waals surface area contributed by atoms with Gasteiger partial charge in [0.1, 0.15) is 22.1 Å². The predicted molar refractivity (Wildman–Crippen MR) is 120 cm³/mol. The molecule has 0 fully saturated rings. The fraction of sp³-hybridized carbons (Fsp3) is 0.125. The molecular formula is C24H17F2N3O3S. The molecule has 0 unspecified atom stereocenters. The molecule has 1 atom stereocenters. The number of hydrogen-bond donors (Lipinski definition) is 1. The monoisotopic (exact) mass is 465 g/mol. The molecule has 0 bridgehead atoms. The van der Waals surface area contributed by atoms with Crippen molar-refractivity contribution >= 4 is 34.8 Å². The van der Waals surface area contributed by atoms with Crippen molar-refractivity contribution in [3.8, 4) is 6.07 Å². The molecule has 33 heavy (non-hydrogen) atoms. The van der Waals surface area contributed by atoms with E-state index in [1.807, 2.05) is 6.07 Å². The van der Waals surface area contributed by atoms with Crippen molar-refractivity contribution in [2.24, 2.45) is 5.73 Å². The standard InChI is InChI=1S/C24H17F2N3O3S/c1-2-32-24(31)20-19(14-6-4-8-16(26)11-14)17(12-27)21(28)29-22(30)18(33-23(20)29)10-13-5-3-7-15(25)9-13/h3-11,19H,2,28H2,1H3/b18-10-/t19-/m0/s1. The first-order chi connectivity index (χ1) is 15.8. The molecule has 4 rings (SSSR count). The Morgan fingerprint density at radius 2 is 1.94 bits per heavy atom. The summed E-state index contributed by atoms with van der Waals surface area (Å²) in [7, 11) is 0. The van der Waals surface area contributed by atoms with E-state index in [0.717, 1.165) is 15.9 Å². The number of allylic oxidation sites excluding steroid dienone is 1. The third kappa shape index (κ3) is 3.97. The van der Waals surface area contributed by atoms with Crippen LogP contribution in [-0.2, 0) is 9.53 Å². The van der Waals surface area contributed by atoms with E-state index in [1.165, 1.54) is 42.5 Å². The molecule has 2 N–H and O–H groups in total. The number of carbonyl (C=O) groups is 1. The molecule has 2 heterocycles. The molecule has 6 nitrogen and oxygen atoms in total. The maximum atomic E-state index is 14.0. The molecule has 9 heteroatoms. The highest BCUT2D eigenvalue weighted by atomic mass is 32.1. The van der Waals surface area contributed by atoms with Crippen LogP contribution in [0.5, 0.6) is 0 Å². The van der Waals surface area contributed by atoms with E-state index in [1.54, 1.807) is 19.1 Å². The molecule has 0 aliphatic carbocycles. The van der Waals surface area contributed by atoms with Gasteiger partial charge in [0.2, 0.25) is 0 Å². The van der Waals surface area contributed by atoms with Gasteiger partial charge in [-0.2, -0.15) is 5.26 Å². The van der Waals surface area contributed by atoms with E-state index in [4.69, 9.17) is 10.5 Å². The molecule has 0 radical (unpaired) electrons. The summed E-state index contributed by atoms with van der Waals surface area (Å²) >= 11 is 0.961. The zero-order valence-electron chi connectivity index (χ0n) is 17.3. The number of halogens is 2. The summed E-state index contributed by atoms with van der Waals surface area (Å²) in [6.45, 7) is 1.68. The van der Waals surface area contributed by atoms with Gasteiger partial charge < -0.3 is 10.5 Å². The van der Waals surface area contributed by atoms with Crippen LogP contribution in [0.25, 0.3) is 17.5 Å². The van der Waals surface area contributed by atoms with Crippen LogP contribution in [0.1, 0.15) is 24.0 Å². The zero-order chi connectivity index (χ0) is 23.7. The highest BCUT2D eigenvalue weighted by Crippen LogP contribution is 2.36. The molecule has 2 aromatic carbocycles. The van der Waals surface area contributed by atoms with Crippen molar-refractivity contribution in [1.82, 2.24) is 4.57 Å². The maximum absolute atomic E-state index is 14.0. The van der Waals surface area contributed by atoms with Crippen LogP contribution < -0.4 is 20.5 Å². The second-order valence-corrected chi connectivity index (χ2v) is 8.17. The van der Waals surface area contributed by atoms with Crippen molar-refractivity contribution in [3.63, 3.8) is 0 Å². The molecule has 0 amide bonds. The van der Waals surface area contributed by atoms with Crippen molar-refractivity contribution in [3.05, 3.63) is 96.4 Å². The van der Waals surface area contributed by atoms with Crippen LogP contribution in [0.15, 0.2) is 58.9 Å². The Bertz CT molecular complexity index is 1530. The van der Waals surface area contributed by atoms with Gasteiger partial charge in [0.15, 0.2) is 0 Å². The topological polar surface area (TPSA) is 98.1 Å². The van der Waals surface area contributed by atoms with Crippen LogP contribution in [0.3, 0.4) is 0 Å². The fourth-order valence-corrected chi connectivity index (χ4v) is 4.89. The maximum Gasteiger partial charge on any atom is 0.338 e. The molecule has 1 aliphatic heterocycles. The summed E-state index contributed by atoms with van der Waals surface area (Å²) in [5.41, 5.74) is 6.35. The molecule has 166 valence electrons. The van der Waals surface area contributed by atoms with Crippen molar-refractivity contribution in [1.29, 1.82) is 5.26 Å². The van der Waals surface area contributed by atoms with Crippen LogP contribution in [-0.4, -0.2) is 17.1 Å². The molecular weight excluding hydrogens is 448 g/mol. The smallest absolute Gasteiger partial charge is 0.338 e. The van der Waals surface area contributed by atoms with Gasteiger partial charge in [-0.1, -0.05) is 24.3 Å². The molecule has 3 aromatic rings. The number of ether oxygens (including phenoxy) is 1. The molecule has 0 spiro atoms. The number of esters is 1. The molecule has 0 saturated heterocycles. The van der Waals surface area contributed by atoms with Crippen molar-refractivity contribution in [2.45, 2.75) is 12.8 Å². The first-order valence-corrected chi connectivity index (χ1v) is 10.7. The van der Waals surface area contributed by atoms with Crippen molar-refractivity contribution in [2.75, 3.05) is 6.61 Å². The number of hydrogen-bond acceptors (Lipinski definition) is 6. The van der Waals surface area contributed by atoms with Gasteiger partial charge in [-0.05, 0) is 48.4 Å². The Hall–Kier alpha value is -4.03. The second-order valence-electron chi connectivity index (χ2n) is 7.14. The minimum Gasteiger partial charge on any atom is -0.463 e. The molecule has 1 aliphatic rings. The Morgan fingerprint density at radius 3 is 2.58 bits per heavy atom. The Morgan fingerprint density at radius 1 is 1.24 bits per heavy atom. The number of benzene rings is 2. The van der Waals surface area contributed by atoms with Crippen LogP contribution in [0.2, 0.25) is 0 Å². The highest BCUT2D eigenvalue weighted by Gasteiger charge is 2.36. The number of fused-ring (bicyclic) bond motifs is 1. The highest BCUT2D eigenvalue weighted by molar-refractivity contribution is 7.07. The van der Waals surface area contributed by atoms with Gasteiger partial charge >= 0.3 is 5.97 Å². The van der Waals surface area contributed by atoms with E-state index in [9.17, 15) is 23.6 Å². The number of rotatable bonds is 4. The summed E-state index contributed by atoms with van der Waals surface area (Å²) in [5.74, 6) is -2.96. The van der Waals surface area contributed by atoms with Crippen LogP contribution >= 0.6 is 11.3 Å². The first kappa shape index (κ1) is 22.2. The lowest BCUT2D eigenvalue weighted by atomic mass is 9.84. The fourth-order valence-electron chi connectivity index (χ4n) is 3.72. The number of nitriles is 1. The Kier molecular flexibility index (Phi) is 5.94. The van der Waals surface area contributed by atoms with Gasteiger partial charge in [-0.3, -0.25) is 9.36 Å². The number of carbonyl (C=O) groups excluding carboxylic acids is 1. The Labute approximate surface area is 190 Å². The Balaban J connectivity index is 2.10. The zero-order valence-corrected chi connectivity index (χ0v) is 18.2. The van der Waals surface area contributed by atoms with Gasteiger partial charge in [-0.25, -0.2) is 13.6 Å². The minimum absolute atomic E-state index is 0.00851. The number of nitrogens with two attached hydrogens (primary N) is 1. The van der Waals surface area contributed by atoms with Gasteiger partial charge in [0, 0.05) is 0 Å². The lowest BCUT2D eigenvalue weighted by molar-refractivity contribution is -0.136. The summed E-state index contributed by atoms with van der Waals surface area (Å²) in [6, 6.07) is 13.1. The SMILES string of the molecule is CCOC(=O)C1=c2s/c(=C\c3cccc(F)c3)c(=O)n2C(N)=C(C#N)[C@@H]1c1cccc(F)c1. The summed E-state index contributed by atoms with van der Waals surface area (Å²) in [4.78, 5) is 26.2. The number of thiazole rings is 1. The van der Waals surface area contributed by atoms with Crippen LogP contribution in [0.4, 0.5) is 8.78 Å². The summed E-state index contributed by atoms with van der Waals surface area (Å²) in [6.07, 6.45) is 1.47.